The Labute approximate surface area is 288 Å². The predicted octanol–water partition coefficient (Wildman–Crippen LogP) is 8.21. The molecule has 0 fully saturated rings. The number of hydrogen-bond donors (Lipinski definition) is 0. The van der Waals surface area contributed by atoms with Crippen LogP contribution in [0, 0.1) is 5.92 Å². The maximum absolute atomic E-state index is 10.9. The van der Waals surface area contributed by atoms with Crippen molar-refractivity contribution >= 4 is 10.4 Å². The second-order valence-electron chi connectivity index (χ2n) is 11.6. The van der Waals surface area contributed by atoms with Crippen molar-refractivity contribution in [1.82, 2.24) is 0 Å². The molecule has 0 saturated carbocycles. The molecular weight excluding hydrogens is 532 g/mol. The molecule has 0 bridgehead atoms. The molecule has 0 N–H and O–H groups in total. The Morgan fingerprint density at radius 2 is 0.897 bits per heavy atom. The first-order valence-electron chi connectivity index (χ1n) is 16.8. The zero-order valence-corrected chi connectivity index (χ0v) is 30.5. The van der Waals surface area contributed by atoms with Gasteiger partial charge in [-0.3, -0.25) is 4.18 Å². The van der Waals surface area contributed by atoms with Crippen molar-refractivity contribution < 1.29 is 68.5 Å². The van der Waals surface area contributed by atoms with E-state index >= 15 is 0 Å². The van der Waals surface area contributed by atoms with Gasteiger partial charge in [0.2, 0.25) is 10.4 Å². The minimum atomic E-state index is -4.62. The van der Waals surface area contributed by atoms with E-state index in [9.17, 15) is 13.0 Å². The summed E-state index contributed by atoms with van der Waals surface area (Å²) in [5.74, 6) is 0.0174. The summed E-state index contributed by atoms with van der Waals surface area (Å²) in [6.45, 7) is 4.52. The molecule has 0 radical (unpaired) electrons. The SMILES string of the molecule is CCCCCCCCCCCCCCC/C=C/C(CCCCCCCCCCCCCC)COS(=O)(=O)[O-].[K+]. The number of rotatable bonds is 31. The number of hydrogen-bond acceptors (Lipinski definition) is 4. The average molecular weight is 597 g/mol. The summed E-state index contributed by atoms with van der Waals surface area (Å²) in [5, 5.41) is 0. The Morgan fingerprint density at radius 1 is 0.564 bits per heavy atom. The van der Waals surface area contributed by atoms with Crippen LogP contribution in [0.3, 0.4) is 0 Å². The smallest absolute Gasteiger partial charge is 0.726 e. The van der Waals surface area contributed by atoms with E-state index in [-0.39, 0.29) is 63.9 Å². The summed E-state index contributed by atoms with van der Waals surface area (Å²) in [6.07, 6.45) is 39.5. The van der Waals surface area contributed by atoms with Gasteiger partial charge in [0.1, 0.15) is 0 Å². The number of unbranched alkanes of at least 4 members (excludes halogenated alkanes) is 24. The summed E-state index contributed by atoms with van der Waals surface area (Å²) < 4.78 is 37.4. The third-order valence-electron chi connectivity index (χ3n) is 7.74. The molecular formula is C33H65KO4S. The van der Waals surface area contributed by atoms with E-state index in [0.29, 0.717) is 0 Å². The first-order chi connectivity index (χ1) is 18.5. The molecule has 39 heavy (non-hydrogen) atoms. The van der Waals surface area contributed by atoms with E-state index in [0.717, 1.165) is 19.3 Å². The van der Waals surface area contributed by atoms with E-state index < -0.39 is 10.4 Å². The molecule has 0 heterocycles. The molecule has 4 nitrogen and oxygen atoms in total. The Bertz CT molecular complexity index is 595. The molecule has 0 aromatic heterocycles. The van der Waals surface area contributed by atoms with Gasteiger partial charge in [0, 0.05) is 5.92 Å². The van der Waals surface area contributed by atoms with E-state index in [2.05, 4.69) is 30.2 Å². The molecule has 0 aliphatic rings. The molecule has 0 aliphatic heterocycles. The summed E-state index contributed by atoms with van der Waals surface area (Å²) in [6, 6.07) is 0. The molecule has 0 aliphatic carbocycles. The Morgan fingerprint density at radius 3 is 1.26 bits per heavy atom. The van der Waals surface area contributed by atoms with E-state index in [1.165, 1.54) is 154 Å². The molecule has 0 saturated heterocycles. The van der Waals surface area contributed by atoms with Gasteiger partial charge in [0.05, 0.1) is 6.61 Å². The molecule has 0 rings (SSSR count). The Kier molecular flexibility index (Phi) is 36.7. The van der Waals surface area contributed by atoms with Crippen molar-refractivity contribution in [3.8, 4) is 0 Å². The molecule has 228 valence electrons. The summed E-state index contributed by atoms with van der Waals surface area (Å²) >= 11 is 0. The van der Waals surface area contributed by atoms with Crippen molar-refractivity contribution in [3.63, 3.8) is 0 Å². The molecule has 0 spiro atoms. The van der Waals surface area contributed by atoms with Gasteiger partial charge in [0.25, 0.3) is 0 Å². The fourth-order valence-corrected chi connectivity index (χ4v) is 5.56. The van der Waals surface area contributed by atoms with Crippen LogP contribution in [0.2, 0.25) is 0 Å². The van der Waals surface area contributed by atoms with Crippen molar-refractivity contribution in [2.24, 2.45) is 5.92 Å². The molecule has 1 atom stereocenters. The van der Waals surface area contributed by atoms with E-state index in [1.807, 2.05) is 0 Å². The largest absolute Gasteiger partial charge is 1.00 e. The monoisotopic (exact) mass is 596 g/mol. The Balaban J connectivity index is 0. The van der Waals surface area contributed by atoms with Crippen LogP contribution in [0.25, 0.3) is 0 Å². The topological polar surface area (TPSA) is 66.4 Å². The van der Waals surface area contributed by atoms with Crippen LogP contribution in [0.5, 0.6) is 0 Å². The second-order valence-corrected chi connectivity index (χ2v) is 12.6. The molecule has 0 amide bonds. The van der Waals surface area contributed by atoms with Crippen molar-refractivity contribution in [2.45, 2.75) is 187 Å². The van der Waals surface area contributed by atoms with Gasteiger partial charge >= 0.3 is 51.4 Å². The van der Waals surface area contributed by atoms with Gasteiger partial charge < -0.3 is 4.55 Å². The first-order valence-corrected chi connectivity index (χ1v) is 18.1. The van der Waals surface area contributed by atoms with Crippen LogP contribution in [-0.4, -0.2) is 19.6 Å². The van der Waals surface area contributed by atoms with Gasteiger partial charge in [-0.2, -0.15) is 0 Å². The maximum Gasteiger partial charge on any atom is 1.00 e. The van der Waals surface area contributed by atoms with Crippen LogP contribution in [0.4, 0.5) is 0 Å². The van der Waals surface area contributed by atoms with Crippen LogP contribution in [0.1, 0.15) is 187 Å². The van der Waals surface area contributed by atoms with Gasteiger partial charge in [-0.05, 0) is 19.3 Å². The molecule has 0 aromatic rings. The van der Waals surface area contributed by atoms with Crippen molar-refractivity contribution in [2.75, 3.05) is 6.61 Å². The first kappa shape index (κ1) is 42.4. The van der Waals surface area contributed by atoms with Gasteiger partial charge in [-0.1, -0.05) is 180 Å². The zero-order valence-electron chi connectivity index (χ0n) is 26.6. The fraction of sp³-hybridized carbons (Fsp3) is 0.939. The maximum atomic E-state index is 10.9. The normalized spacial score (nSPS) is 12.7. The predicted molar refractivity (Wildman–Crippen MR) is 164 cm³/mol. The van der Waals surface area contributed by atoms with E-state index in [1.54, 1.807) is 0 Å². The van der Waals surface area contributed by atoms with Gasteiger partial charge in [-0.15, -0.1) is 0 Å². The van der Waals surface area contributed by atoms with Crippen molar-refractivity contribution in [3.05, 3.63) is 12.2 Å². The van der Waals surface area contributed by atoms with E-state index in [4.69, 9.17) is 0 Å². The molecule has 1 unspecified atom stereocenters. The minimum absolute atomic E-state index is 0. The quantitative estimate of drug-likeness (QED) is 0.0266. The molecule has 0 aromatic carbocycles. The third-order valence-corrected chi connectivity index (χ3v) is 8.16. The average Bonchev–Trinajstić information content (AvgIpc) is 2.89. The van der Waals surface area contributed by atoms with Gasteiger partial charge in [0.15, 0.2) is 0 Å². The number of allylic oxidation sites excluding steroid dienone is 1. The third kappa shape index (κ3) is 37.2. The zero-order chi connectivity index (χ0) is 28.0. The van der Waals surface area contributed by atoms with Crippen LogP contribution in [0.15, 0.2) is 12.2 Å². The standard InChI is InChI=1S/C33H66O4S.K/c1-3-5-7-9-11-13-15-17-18-19-21-23-25-27-29-31-33(32-37-38(34,35)36)30-28-26-24-22-20-16-14-12-10-8-6-4-2;/h29,31,33H,3-28,30,32H2,1-2H3,(H,34,35,36);/q;+1/p-1/b31-29+;. The molecule has 6 heteroatoms. The van der Waals surface area contributed by atoms with Gasteiger partial charge in [-0.25, -0.2) is 8.42 Å². The minimum Gasteiger partial charge on any atom is -0.726 e. The van der Waals surface area contributed by atoms with Crippen LogP contribution < -0.4 is 51.4 Å². The second kappa shape index (κ2) is 33.7. The summed E-state index contributed by atoms with van der Waals surface area (Å²) in [5.41, 5.74) is 0. The van der Waals surface area contributed by atoms with Crippen molar-refractivity contribution in [1.29, 1.82) is 0 Å². The fourth-order valence-electron chi connectivity index (χ4n) is 5.22. The Hall–Kier alpha value is 1.25. The van der Waals surface area contributed by atoms with Crippen LogP contribution >= 0.6 is 0 Å². The summed E-state index contributed by atoms with van der Waals surface area (Å²) in [4.78, 5) is 0. The summed E-state index contributed by atoms with van der Waals surface area (Å²) in [7, 11) is -4.62. The van der Waals surface area contributed by atoms with Crippen LogP contribution in [-0.2, 0) is 14.6 Å².